The Morgan fingerprint density at radius 3 is 2.59 bits per heavy atom. The summed E-state index contributed by atoms with van der Waals surface area (Å²) >= 11 is 0. The highest BCUT2D eigenvalue weighted by Crippen LogP contribution is 2.33. The zero-order chi connectivity index (χ0) is 11.8. The third kappa shape index (κ3) is 1.54. The number of para-hydroxylation sites is 1. The van der Waals surface area contributed by atoms with Crippen molar-refractivity contribution in [3.8, 4) is 0 Å². The monoisotopic (exact) mass is 223 g/mol. The van der Waals surface area contributed by atoms with Crippen molar-refractivity contribution in [1.29, 1.82) is 0 Å². The van der Waals surface area contributed by atoms with Crippen LogP contribution in [0.15, 0.2) is 42.5 Å². The van der Waals surface area contributed by atoms with Gasteiger partial charge in [-0.3, -0.25) is 0 Å². The van der Waals surface area contributed by atoms with Crippen LogP contribution in [-0.2, 0) is 0 Å². The van der Waals surface area contributed by atoms with E-state index in [0.29, 0.717) is 5.92 Å². The maximum atomic E-state index is 3.50. The first-order valence-corrected chi connectivity index (χ1v) is 6.30. The fourth-order valence-electron chi connectivity index (χ4n) is 2.56. The molecule has 0 amide bonds. The summed E-state index contributed by atoms with van der Waals surface area (Å²) in [6, 6.07) is 15.1. The van der Waals surface area contributed by atoms with E-state index in [0.717, 1.165) is 0 Å². The molecule has 0 saturated carbocycles. The summed E-state index contributed by atoms with van der Waals surface area (Å²) in [4.78, 5) is 3.50. The molecule has 0 saturated heterocycles. The molecular formula is C16H17N. The van der Waals surface area contributed by atoms with Crippen LogP contribution in [0.2, 0.25) is 0 Å². The van der Waals surface area contributed by atoms with E-state index in [1.54, 1.807) is 0 Å². The standard InChI is InChI=1S/C16H17N/c1-3-11(2)12-8-6-10-15-16(12)13-7-4-5-9-14(13)17-15/h4-11,17H,3H2,1-2H3. The number of hydrogen-bond donors (Lipinski definition) is 1. The van der Waals surface area contributed by atoms with E-state index < -0.39 is 0 Å². The van der Waals surface area contributed by atoms with Crippen molar-refractivity contribution in [2.24, 2.45) is 0 Å². The maximum absolute atomic E-state index is 3.50. The molecule has 0 radical (unpaired) electrons. The fraction of sp³-hybridized carbons (Fsp3) is 0.250. The van der Waals surface area contributed by atoms with Crippen LogP contribution in [0.4, 0.5) is 0 Å². The van der Waals surface area contributed by atoms with Gasteiger partial charge in [-0.25, -0.2) is 0 Å². The van der Waals surface area contributed by atoms with Gasteiger partial charge in [0.15, 0.2) is 0 Å². The number of H-pyrrole nitrogens is 1. The average Bonchev–Trinajstić information content (AvgIpc) is 2.76. The van der Waals surface area contributed by atoms with E-state index in [4.69, 9.17) is 0 Å². The number of benzene rings is 2. The number of rotatable bonds is 2. The predicted molar refractivity (Wildman–Crippen MR) is 74.5 cm³/mol. The van der Waals surface area contributed by atoms with Crippen molar-refractivity contribution < 1.29 is 0 Å². The predicted octanol–water partition coefficient (Wildman–Crippen LogP) is 4.83. The van der Waals surface area contributed by atoms with E-state index in [2.05, 4.69) is 61.3 Å². The molecule has 1 heterocycles. The molecule has 1 atom stereocenters. The van der Waals surface area contributed by atoms with Crippen molar-refractivity contribution in [2.45, 2.75) is 26.2 Å². The molecule has 3 aromatic rings. The molecule has 1 N–H and O–H groups in total. The minimum atomic E-state index is 0.609. The number of hydrogen-bond acceptors (Lipinski definition) is 0. The number of nitrogens with one attached hydrogen (secondary N) is 1. The second kappa shape index (κ2) is 3.92. The molecular weight excluding hydrogens is 206 g/mol. The zero-order valence-electron chi connectivity index (χ0n) is 10.3. The minimum absolute atomic E-state index is 0.609. The minimum Gasteiger partial charge on any atom is -0.355 e. The van der Waals surface area contributed by atoms with E-state index >= 15 is 0 Å². The van der Waals surface area contributed by atoms with Crippen LogP contribution in [0, 0.1) is 0 Å². The number of aromatic nitrogens is 1. The van der Waals surface area contributed by atoms with Crippen LogP contribution >= 0.6 is 0 Å². The smallest absolute Gasteiger partial charge is 0.0467 e. The van der Waals surface area contributed by atoms with E-state index in [-0.39, 0.29) is 0 Å². The summed E-state index contributed by atoms with van der Waals surface area (Å²) in [6.07, 6.45) is 1.18. The lowest BCUT2D eigenvalue weighted by Gasteiger charge is -2.10. The Bertz CT molecular complexity index is 663. The lowest BCUT2D eigenvalue weighted by atomic mass is 9.94. The van der Waals surface area contributed by atoms with Gasteiger partial charge in [0.25, 0.3) is 0 Å². The second-order valence-corrected chi connectivity index (χ2v) is 4.75. The third-order valence-electron chi connectivity index (χ3n) is 3.71. The number of fused-ring (bicyclic) bond motifs is 3. The Labute approximate surface area is 101 Å². The Balaban J connectivity index is 2.43. The van der Waals surface area contributed by atoms with E-state index in [1.165, 1.54) is 33.8 Å². The molecule has 0 aliphatic carbocycles. The van der Waals surface area contributed by atoms with Crippen molar-refractivity contribution in [1.82, 2.24) is 4.98 Å². The van der Waals surface area contributed by atoms with Crippen molar-refractivity contribution in [3.63, 3.8) is 0 Å². The van der Waals surface area contributed by atoms with Crippen LogP contribution < -0.4 is 0 Å². The van der Waals surface area contributed by atoms with Crippen LogP contribution in [0.3, 0.4) is 0 Å². The fourth-order valence-corrected chi connectivity index (χ4v) is 2.56. The van der Waals surface area contributed by atoms with Gasteiger partial charge in [0.05, 0.1) is 0 Å². The Morgan fingerprint density at radius 1 is 1.00 bits per heavy atom. The zero-order valence-corrected chi connectivity index (χ0v) is 10.3. The van der Waals surface area contributed by atoms with Gasteiger partial charge in [0.1, 0.15) is 0 Å². The summed E-state index contributed by atoms with van der Waals surface area (Å²) in [5.41, 5.74) is 3.95. The maximum Gasteiger partial charge on any atom is 0.0467 e. The molecule has 1 nitrogen and oxygen atoms in total. The highest BCUT2D eigenvalue weighted by molar-refractivity contribution is 6.09. The highest BCUT2D eigenvalue weighted by atomic mass is 14.7. The largest absolute Gasteiger partial charge is 0.355 e. The summed E-state index contributed by atoms with van der Waals surface area (Å²) < 4.78 is 0. The van der Waals surface area contributed by atoms with Crippen LogP contribution in [0.25, 0.3) is 21.8 Å². The van der Waals surface area contributed by atoms with Crippen molar-refractivity contribution in [3.05, 3.63) is 48.0 Å². The Kier molecular flexibility index (Phi) is 2.40. The molecule has 86 valence electrons. The molecule has 1 unspecified atom stereocenters. The molecule has 1 aromatic heterocycles. The van der Waals surface area contributed by atoms with Gasteiger partial charge >= 0.3 is 0 Å². The number of aromatic amines is 1. The molecule has 0 bridgehead atoms. The highest BCUT2D eigenvalue weighted by Gasteiger charge is 2.11. The summed E-state index contributed by atoms with van der Waals surface area (Å²) in [7, 11) is 0. The average molecular weight is 223 g/mol. The molecule has 0 aliphatic heterocycles. The van der Waals surface area contributed by atoms with Crippen molar-refractivity contribution in [2.75, 3.05) is 0 Å². The van der Waals surface area contributed by atoms with Gasteiger partial charge in [-0.15, -0.1) is 0 Å². The molecule has 2 aromatic carbocycles. The lowest BCUT2D eigenvalue weighted by Crippen LogP contribution is -1.91. The SMILES string of the molecule is CCC(C)c1cccc2[nH]c3ccccc3c12. The van der Waals surface area contributed by atoms with Gasteiger partial charge in [-0.1, -0.05) is 44.2 Å². The van der Waals surface area contributed by atoms with E-state index in [1.807, 2.05) is 0 Å². The molecule has 3 rings (SSSR count). The quantitative estimate of drug-likeness (QED) is 0.640. The second-order valence-electron chi connectivity index (χ2n) is 4.75. The third-order valence-corrected chi connectivity index (χ3v) is 3.71. The summed E-state index contributed by atoms with van der Waals surface area (Å²) in [5.74, 6) is 0.609. The molecule has 17 heavy (non-hydrogen) atoms. The summed E-state index contributed by atoms with van der Waals surface area (Å²) in [5, 5.41) is 2.75. The molecule has 0 spiro atoms. The molecule has 0 aliphatic rings. The van der Waals surface area contributed by atoms with Gasteiger partial charge in [0, 0.05) is 21.8 Å². The van der Waals surface area contributed by atoms with Crippen molar-refractivity contribution >= 4 is 21.8 Å². The van der Waals surface area contributed by atoms with Crippen LogP contribution in [-0.4, -0.2) is 4.98 Å². The lowest BCUT2D eigenvalue weighted by molar-refractivity contribution is 0.740. The Hall–Kier alpha value is -1.76. The summed E-state index contributed by atoms with van der Waals surface area (Å²) in [6.45, 7) is 4.55. The van der Waals surface area contributed by atoms with Gasteiger partial charge in [-0.2, -0.15) is 0 Å². The van der Waals surface area contributed by atoms with Crippen LogP contribution in [0.5, 0.6) is 0 Å². The van der Waals surface area contributed by atoms with Gasteiger partial charge < -0.3 is 4.98 Å². The van der Waals surface area contributed by atoms with Crippen LogP contribution in [0.1, 0.15) is 31.7 Å². The Morgan fingerprint density at radius 2 is 1.76 bits per heavy atom. The first-order valence-electron chi connectivity index (χ1n) is 6.30. The van der Waals surface area contributed by atoms with E-state index in [9.17, 15) is 0 Å². The first kappa shape index (κ1) is 10.4. The molecule has 1 heteroatoms. The first-order chi connectivity index (χ1) is 8.31. The topological polar surface area (TPSA) is 15.8 Å². The molecule has 0 fully saturated rings. The van der Waals surface area contributed by atoms with Gasteiger partial charge in [0.2, 0.25) is 0 Å². The van der Waals surface area contributed by atoms with Gasteiger partial charge in [-0.05, 0) is 30.0 Å². The normalized spacial score (nSPS) is 13.3.